The van der Waals surface area contributed by atoms with Crippen molar-refractivity contribution in [2.75, 3.05) is 0 Å². The van der Waals surface area contributed by atoms with Crippen LogP contribution in [0.3, 0.4) is 0 Å². The van der Waals surface area contributed by atoms with Gasteiger partial charge in [-0.1, -0.05) is 17.7 Å². The maximum atomic E-state index is 11.5. The first-order valence-corrected chi connectivity index (χ1v) is 5.62. The second-order valence-electron chi connectivity index (χ2n) is 4.25. The Morgan fingerprint density at radius 2 is 2.06 bits per heavy atom. The first-order chi connectivity index (χ1) is 8.08. The molecule has 17 heavy (non-hydrogen) atoms. The highest BCUT2D eigenvalue weighted by Gasteiger charge is 1.93. The van der Waals surface area contributed by atoms with Crippen LogP contribution in [0.2, 0.25) is 0 Å². The van der Waals surface area contributed by atoms with Crippen LogP contribution in [0.1, 0.15) is 26.3 Å². The Balaban J connectivity index is 2.51. The van der Waals surface area contributed by atoms with Crippen molar-refractivity contribution in [2.24, 2.45) is 0 Å². The third-order valence-corrected chi connectivity index (χ3v) is 2.12. The number of ketones is 1. The lowest BCUT2D eigenvalue weighted by Crippen LogP contribution is -1.88. The molecular formula is C15H18O2. The molecule has 1 rings (SSSR count). The molecule has 1 heterocycles. The smallest absolute Gasteiger partial charge is 0.178 e. The summed E-state index contributed by atoms with van der Waals surface area (Å²) in [6, 6.07) is 1.93. The van der Waals surface area contributed by atoms with Gasteiger partial charge >= 0.3 is 0 Å². The maximum absolute atomic E-state index is 11.5. The summed E-state index contributed by atoms with van der Waals surface area (Å²) < 4.78 is 4.97. The molecule has 2 heteroatoms. The molecule has 1 aromatic heterocycles. The van der Waals surface area contributed by atoms with Gasteiger partial charge in [-0.25, -0.2) is 0 Å². The van der Waals surface area contributed by atoms with Gasteiger partial charge in [-0.15, -0.1) is 0 Å². The van der Waals surface area contributed by atoms with E-state index in [0.29, 0.717) is 0 Å². The van der Waals surface area contributed by atoms with E-state index < -0.39 is 0 Å². The molecule has 0 fully saturated rings. The molecule has 0 atom stereocenters. The molecule has 90 valence electrons. The number of hydrogen-bond acceptors (Lipinski definition) is 2. The molecule has 0 spiro atoms. The van der Waals surface area contributed by atoms with Gasteiger partial charge in [0.2, 0.25) is 0 Å². The monoisotopic (exact) mass is 230 g/mol. The summed E-state index contributed by atoms with van der Waals surface area (Å²) in [5.74, 6) is 0.0375. The third-order valence-electron chi connectivity index (χ3n) is 2.12. The highest BCUT2D eigenvalue weighted by Crippen LogP contribution is 2.04. The summed E-state index contributed by atoms with van der Waals surface area (Å²) in [5.41, 5.74) is 3.10. The van der Waals surface area contributed by atoms with E-state index in [1.807, 2.05) is 39.0 Å². The molecule has 0 unspecified atom stereocenters. The summed E-state index contributed by atoms with van der Waals surface area (Å²) in [7, 11) is 0. The lowest BCUT2D eigenvalue weighted by molar-refractivity contribution is -0.110. The largest absolute Gasteiger partial charge is 0.472 e. The molecule has 0 aliphatic carbocycles. The minimum absolute atomic E-state index is 0.0375. The third kappa shape index (κ3) is 5.71. The van der Waals surface area contributed by atoms with Crippen LogP contribution >= 0.6 is 0 Å². The van der Waals surface area contributed by atoms with Gasteiger partial charge < -0.3 is 4.42 Å². The van der Waals surface area contributed by atoms with E-state index in [1.54, 1.807) is 24.7 Å². The van der Waals surface area contributed by atoms with Gasteiger partial charge in [0.25, 0.3) is 0 Å². The lowest BCUT2D eigenvalue weighted by Gasteiger charge is -1.92. The Labute approximate surface area is 102 Å². The zero-order valence-electron chi connectivity index (χ0n) is 10.6. The summed E-state index contributed by atoms with van der Waals surface area (Å²) in [6.07, 6.45) is 11.4. The molecule has 0 aliphatic heterocycles. The predicted molar refractivity (Wildman–Crippen MR) is 69.7 cm³/mol. The van der Waals surface area contributed by atoms with Crippen LogP contribution in [0.25, 0.3) is 0 Å². The fourth-order valence-electron chi connectivity index (χ4n) is 1.39. The highest BCUT2D eigenvalue weighted by atomic mass is 16.3. The fraction of sp³-hybridized carbons (Fsp3) is 0.267. The summed E-state index contributed by atoms with van der Waals surface area (Å²) in [6.45, 7) is 5.74. The number of allylic oxidation sites excluding steroid dienone is 6. The number of hydrogen-bond donors (Lipinski definition) is 0. The van der Waals surface area contributed by atoms with Gasteiger partial charge in [-0.05, 0) is 56.5 Å². The topological polar surface area (TPSA) is 30.2 Å². The van der Waals surface area contributed by atoms with Crippen molar-refractivity contribution >= 4 is 5.78 Å². The Morgan fingerprint density at radius 1 is 1.29 bits per heavy atom. The molecule has 0 amide bonds. The van der Waals surface area contributed by atoms with Gasteiger partial charge in [0.15, 0.2) is 5.78 Å². The van der Waals surface area contributed by atoms with E-state index >= 15 is 0 Å². The predicted octanol–water partition coefficient (Wildman–Crippen LogP) is 3.86. The van der Waals surface area contributed by atoms with E-state index in [2.05, 4.69) is 0 Å². The average molecular weight is 230 g/mol. The molecule has 1 aromatic rings. The van der Waals surface area contributed by atoms with Crippen molar-refractivity contribution < 1.29 is 9.21 Å². The van der Waals surface area contributed by atoms with Crippen LogP contribution in [0.5, 0.6) is 0 Å². The molecule has 0 bridgehead atoms. The Kier molecular flexibility index (Phi) is 5.21. The number of carbonyl (C=O) groups is 1. The molecular weight excluding hydrogens is 212 g/mol. The van der Waals surface area contributed by atoms with Crippen molar-refractivity contribution in [3.63, 3.8) is 0 Å². The minimum atomic E-state index is 0.0375. The lowest BCUT2D eigenvalue weighted by atomic mass is 10.1. The van der Waals surface area contributed by atoms with Crippen LogP contribution in [-0.4, -0.2) is 5.78 Å². The van der Waals surface area contributed by atoms with Gasteiger partial charge in [-0.3, -0.25) is 4.79 Å². The SMILES string of the molecule is CC(C)=CC(=O)C=C(C)C=CCc1ccoc1. The molecule has 0 saturated heterocycles. The Hall–Kier alpha value is -1.83. The first-order valence-electron chi connectivity index (χ1n) is 5.62. The van der Waals surface area contributed by atoms with Crippen molar-refractivity contribution in [3.05, 3.63) is 59.6 Å². The van der Waals surface area contributed by atoms with Gasteiger partial charge in [0.05, 0.1) is 12.5 Å². The Morgan fingerprint density at radius 3 is 2.65 bits per heavy atom. The first kappa shape index (κ1) is 13.2. The molecule has 0 aromatic carbocycles. The van der Waals surface area contributed by atoms with E-state index in [4.69, 9.17) is 4.42 Å². The van der Waals surface area contributed by atoms with E-state index in [1.165, 1.54) is 0 Å². The number of carbonyl (C=O) groups excluding carboxylic acids is 1. The number of furan rings is 1. The van der Waals surface area contributed by atoms with Gasteiger partial charge in [-0.2, -0.15) is 0 Å². The molecule has 0 saturated carbocycles. The average Bonchev–Trinajstić information content (AvgIpc) is 2.68. The minimum Gasteiger partial charge on any atom is -0.472 e. The van der Waals surface area contributed by atoms with E-state index in [0.717, 1.165) is 23.1 Å². The zero-order chi connectivity index (χ0) is 12.7. The van der Waals surface area contributed by atoms with Crippen LogP contribution in [-0.2, 0) is 11.2 Å². The van der Waals surface area contributed by atoms with Crippen LogP contribution in [0.15, 0.2) is 58.5 Å². The summed E-state index contributed by atoms with van der Waals surface area (Å²) in [4.78, 5) is 11.5. The van der Waals surface area contributed by atoms with Crippen molar-refractivity contribution in [3.8, 4) is 0 Å². The second kappa shape index (κ2) is 6.69. The van der Waals surface area contributed by atoms with Crippen molar-refractivity contribution in [2.45, 2.75) is 27.2 Å². The van der Waals surface area contributed by atoms with Gasteiger partial charge in [0.1, 0.15) is 0 Å². The fourth-order valence-corrected chi connectivity index (χ4v) is 1.39. The zero-order valence-corrected chi connectivity index (χ0v) is 10.6. The number of rotatable bonds is 5. The summed E-state index contributed by atoms with van der Waals surface area (Å²) >= 11 is 0. The van der Waals surface area contributed by atoms with Gasteiger partial charge in [0, 0.05) is 0 Å². The van der Waals surface area contributed by atoms with Crippen LogP contribution in [0.4, 0.5) is 0 Å². The second-order valence-corrected chi connectivity index (χ2v) is 4.25. The Bertz CT molecular complexity index is 441. The quantitative estimate of drug-likeness (QED) is 0.568. The van der Waals surface area contributed by atoms with Crippen molar-refractivity contribution in [1.82, 2.24) is 0 Å². The molecule has 0 aliphatic rings. The molecule has 0 N–H and O–H groups in total. The maximum Gasteiger partial charge on any atom is 0.178 e. The van der Waals surface area contributed by atoms with Crippen LogP contribution in [0, 0.1) is 0 Å². The van der Waals surface area contributed by atoms with E-state index in [-0.39, 0.29) is 5.78 Å². The normalized spacial score (nSPS) is 11.8. The summed E-state index contributed by atoms with van der Waals surface area (Å²) in [5, 5.41) is 0. The standard InChI is InChI=1S/C15H18O2/c1-12(2)9-15(16)10-13(3)5-4-6-14-7-8-17-11-14/h4-5,7-11H,6H2,1-3H3. The highest BCUT2D eigenvalue weighted by molar-refractivity contribution is 6.00. The molecule has 2 nitrogen and oxygen atoms in total. The van der Waals surface area contributed by atoms with Crippen molar-refractivity contribution in [1.29, 1.82) is 0 Å². The molecule has 0 radical (unpaired) electrons. The van der Waals surface area contributed by atoms with Crippen LogP contribution < -0.4 is 0 Å². The van der Waals surface area contributed by atoms with E-state index in [9.17, 15) is 4.79 Å².